The zero-order chi connectivity index (χ0) is 18.8. The first-order valence-electron chi connectivity index (χ1n) is 8.20. The minimum atomic E-state index is -0.871. The molecule has 0 saturated carbocycles. The van der Waals surface area contributed by atoms with Gasteiger partial charge in [-0.15, -0.1) is 0 Å². The maximum atomic E-state index is 12.8. The van der Waals surface area contributed by atoms with E-state index in [0.717, 1.165) is 12.7 Å². The van der Waals surface area contributed by atoms with Gasteiger partial charge in [0.1, 0.15) is 17.3 Å². The highest BCUT2D eigenvalue weighted by Gasteiger charge is 2.44. The molecule has 1 fully saturated rings. The Balaban J connectivity index is 1.93. The van der Waals surface area contributed by atoms with Crippen LogP contribution >= 0.6 is 0 Å². The van der Waals surface area contributed by atoms with Crippen molar-refractivity contribution in [1.82, 2.24) is 10.2 Å². The van der Waals surface area contributed by atoms with E-state index in [1.807, 2.05) is 25.1 Å². The van der Waals surface area contributed by atoms with Crippen LogP contribution < -0.4 is 10.6 Å². The summed E-state index contributed by atoms with van der Waals surface area (Å²) >= 11 is 0. The van der Waals surface area contributed by atoms with Crippen LogP contribution in [0.4, 0.5) is 5.69 Å². The van der Waals surface area contributed by atoms with E-state index in [0.29, 0.717) is 18.8 Å². The van der Waals surface area contributed by atoms with E-state index in [1.165, 1.54) is 4.90 Å². The summed E-state index contributed by atoms with van der Waals surface area (Å²) in [6.07, 6.45) is -0.196. The molecule has 2 aliphatic heterocycles. The van der Waals surface area contributed by atoms with Crippen molar-refractivity contribution in [3.63, 3.8) is 0 Å². The molecule has 0 bridgehead atoms. The van der Waals surface area contributed by atoms with E-state index in [9.17, 15) is 19.2 Å². The number of ether oxygens (including phenoxy) is 1. The normalized spacial score (nSPS) is 19.6. The summed E-state index contributed by atoms with van der Waals surface area (Å²) in [6.45, 7) is 2.54. The van der Waals surface area contributed by atoms with E-state index in [-0.39, 0.29) is 17.7 Å². The lowest BCUT2D eigenvalue weighted by Crippen LogP contribution is -2.57. The number of carbonyl (C=O) groups excluding carboxylic acids is 4. The number of Topliss-reactive ketones (excluding diaryl/α,β-unsaturated/α-hetero) is 1. The zero-order valence-electron chi connectivity index (χ0n) is 14.5. The second kappa shape index (κ2) is 6.99. The van der Waals surface area contributed by atoms with E-state index >= 15 is 0 Å². The number of piperazine rings is 1. The molecule has 1 saturated heterocycles. The molecule has 1 unspecified atom stereocenters. The smallest absolute Gasteiger partial charge is 0.343 e. The van der Waals surface area contributed by atoms with Crippen molar-refractivity contribution in [2.75, 3.05) is 25.5 Å². The third-order valence-electron chi connectivity index (χ3n) is 4.39. The number of methoxy groups -OCH3 is 1. The van der Waals surface area contributed by atoms with Crippen molar-refractivity contribution < 1.29 is 23.9 Å². The van der Waals surface area contributed by atoms with Gasteiger partial charge in [-0.1, -0.05) is 12.1 Å². The van der Waals surface area contributed by atoms with Crippen molar-refractivity contribution in [2.45, 2.75) is 19.4 Å². The average Bonchev–Trinajstić information content (AvgIpc) is 2.61. The first kappa shape index (κ1) is 17.7. The molecule has 0 aliphatic carbocycles. The molecule has 1 aromatic rings. The molecule has 0 spiro atoms. The quantitative estimate of drug-likeness (QED) is 0.589. The Kier molecular flexibility index (Phi) is 4.75. The predicted molar refractivity (Wildman–Crippen MR) is 92.0 cm³/mol. The Morgan fingerprint density at radius 3 is 2.77 bits per heavy atom. The number of benzene rings is 1. The molecule has 2 aliphatic rings. The largest absolute Gasteiger partial charge is 0.465 e. The van der Waals surface area contributed by atoms with Crippen LogP contribution in [-0.2, 0) is 23.9 Å². The van der Waals surface area contributed by atoms with E-state index in [4.69, 9.17) is 0 Å². The first-order valence-corrected chi connectivity index (χ1v) is 8.20. The minimum absolute atomic E-state index is 0.0938. The fraction of sp³-hybridized carbons (Fsp3) is 0.333. The fourth-order valence-electron chi connectivity index (χ4n) is 3.20. The molecule has 2 amide bonds. The molecule has 2 N–H and O–H groups in total. The number of hydrogen-bond donors (Lipinski definition) is 2. The Morgan fingerprint density at radius 2 is 2.08 bits per heavy atom. The third kappa shape index (κ3) is 3.17. The number of carbonyl (C=O) groups is 4. The first-order chi connectivity index (χ1) is 12.4. The van der Waals surface area contributed by atoms with Gasteiger partial charge in [-0.25, -0.2) is 4.79 Å². The monoisotopic (exact) mass is 357 g/mol. The molecule has 1 atom stereocenters. The number of nitrogens with one attached hydrogen (secondary N) is 2. The van der Waals surface area contributed by atoms with Gasteiger partial charge in [0, 0.05) is 25.2 Å². The number of aryl methyl sites for hydroxylation is 1. The Hall–Kier alpha value is -3.16. The van der Waals surface area contributed by atoms with Gasteiger partial charge in [0.25, 0.3) is 5.91 Å². The number of rotatable bonds is 3. The van der Waals surface area contributed by atoms with Crippen LogP contribution in [0.15, 0.2) is 35.5 Å². The number of nitrogens with zero attached hydrogens (tertiary/aromatic N) is 1. The van der Waals surface area contributed by atoms with Crippen LogP contribution in [0.5, 0.6) is 0 Å². The van der Waals surface area contributed by atoms with Crippen molar-refractivity contribution in [2.24, 2.45) is 0 Å². The van der Waals surface area contributed by atoms with Gasteiger partial charge >= 0.3 is 5.97 Å². The van der Waals surface area contributed by atoms with Crippen LogP contribution in [0.25, 0.3) is 0 Å². The molecule has 0 aromatic heterocycles. The van der Waals surface area contributed by atoms with Crippen LogP contribution in [0, 0.1) is 6.92 Å². The molecule has 8 nitrogen and oxygen atoms in total. The molecule has 1 aromatic carbocycles. The number of ketones is 1. The number of esters is 1. The molecule has 8 heteroatoms. The summed E-state index contributed by atoms with van der Waals surface area (Å²) < 4.78 is 4.64. The molecule has 26 heavy (non-hydrogen) atoms. The van der Waals surface area contributed by atoms with E-state index in [1.54, 1.807) is 6.07 Å². The number of anilines is 1. The van der Waals surface area contributed by atoms with Crippen LogP contribution in [-0.4, -0.2) is 54.7 Å². The standard InChI is InChI=1S/C18H19N3O5/c1-10-4-3-5-11(8-10)20-16(23)12-9-13(22)14(18(25)26-2)15-17(24)19-6-7-21(12)15/h3-5,8,12H,6-7,9H2,1-2H3,(H,19,24)(H,20,23). The summed E-state index contributed by atoms with van der Waals surface area (Å²) in [5.74, 6) is -2.41. The summed E-state index contributed by atoms with van der Waals surface area (Å²) in [5, 5.41) is 5.37. The van der Waals surface area contributed by atoms with Gasteiger partial charge in [-0.05, 0) is 24.6 Å². The van der Waals surface area contributed by atoms with Gasteiger partial charge in [0.15, 0.2) is 5.78 Å². The molecule has 136 valence electrons. The third-order valence-corrected chi connectivity index (χ3v) is 4.39. The Morgan fingerprint density at radius 1 is 1.31 bits per heavy atom. The summed E-state index contributed by atoms with van der Waals surface area (Å²) in [6, 6.07) is 6.40. The average molecular weight is 357 g/mol. The highest BCUT2D eigenvalue weighted by Crippen LogP contribution is 2.28. The van der Waals surface area contributed by atoms with Crippen LogP contribution in [0.2, 0.25) is 0 Å². The Labute approximate surface area is 150 Å². The molecular weight excluding hydrogens is 338 g/mol. The van der Waals surface area contributed by atoms with Gasteiger partial charge in [0.05, 0.1) is 7.11 Å². The minimum Gasteiger partial charge on any atom is -0.465 e. The van der Waals surface area contributed by atoms with E-state index in [2.05, 4.69) is 15.4 Å². The Bertz CT molecular complexity index is 830. The molecule has 2 heterocycles. The van der Waals surface area contributed by atoms with Gasteiger partial charge in [-0.3, -0.25) is 14.4 Å². The lowest BCUT2D eigenvalue weighted by Gasteiger charge is -2.40. The maximum Gasteiger partial charge on any atom is 0.343 e. The van der Waals surface area contributed by atoms with Crippen molar-refractivity contribution >= 4 is 29.3 Å². The fourth-order valence-corrected chi connectivity index (χ4v) is 3.20. The second-order valence-corrected chi connectivity index (χ2v) is 6.17. The zero-order valence-corrected chi connectivity index (χ0v) is 14.5. The number of fused-ring (bicyclic) bond motifs is 1. The van der Waals surface area contributed by atoms with Crippen molar-refractivity contribution in [3.05, 3.63) is 41.1 Å². The van der Waals surface area contributed by atoms with E-state index < -0.39 is 29.6 Å². The predicted octanol–water partition coefficient (Wildman–Crippen LogP) is 0.134. The topological polar surface area (TPSA) is 105 Å². The maximum absolute atomic E-state index is 12.8. The van der Waals surface area contributed by atoms with Gasteiger partial charge in [0.2, 0.25) is 5.91 Å². The lowest BCUT2D eigenvalue weighted by atomic mass is 9.92. The second-order valence-electron chi connectivity index (χ2n) is 6.17. The van der Waals surface area contributed by atoms with Gasteiger partial charge < -0.3 is 20.3 Å². The number of amides is 2. The van der Waals surface area contributed by atoms with Crippen molar-refractivity contribution in [1.29, 1.82) is 0 Å². The van der Waals surface area contributed by atoms with Crippen molar-refractivity contribution in [3.8, 4) is 0 Å². The molecule has 3 rings (SSSR count). The summed E-state index contributed by atoms with van der Waals surface area (Å²) in [4.78, 5) is 51.0. The molecule has 0 radical (unpaired) electrons. The summed E-state index contributed by atoms with van der Waals surface area (Å²) in [5.41, 5.74) is 1.19. The van der Waals surface area contributed by atoms with Gasteiger partial charge in [-0.2, -0.15) is 0 Å². The van der Waals surface area contributed by atoms with Crippen LogP contribution in [0.3, 0.4) is 0 Å². The highest BCUT2D eigenvalue weighted by molar-refractivity contribution is 6.24. The molecular formula is C18H19N3O5. The highest BCUT2D eigenvalue weighted by atomic mass is 16.5. The SMILES string of the molecule is COC(=O)C1=C2C(=O)NCCN2C(C(=O)Nc2cccc(C)c2)CC1=O. The lowest BCUT2D eigenvalue weighted by molar-refractivity contribution is -0.141. The summed E-state index contributed by atoms with van der Waals surface area (Å²) in [7, 11) is 1.14. The number of hydrogen-bond acceptors (Lipinski definition) is 6. The van der Waals surface area contributed by atoms with Crippen LogP contribution in [0.1, 0.15) is 12.0 Å².